The number of nitrogens with zero attached hydrogens (tertiary/aromatic N) is 1. The van der Waals surface area contributed by atoms with Gasteiger partial charge in [-0.25, -0.2) is 13.2 Å². The maximum Gasteiger partial charge on any atom is 0.419 e. The van der Waals surface area contributed by atoms with E-state index in [0.29, 0.717) is 21.7 Å². The minimum absolute atomic E-state index is 0.122. The number of benzene rings is 2. The van der Waals surface area contributed by atoms with Crippen molar-refractivity contribution in [3.8, 4) is 0 Å². The monoisotopic (exact) mass is 351 g/mol. The summed E-state index contributed by atoms with van der Waals surface area (Å²) in [4.78, 5) is 11.7. The van der Waals surface area contributed by atoms with Crippen molar-refractivity contribution in [2.24, 2.45) is 7.05 Å². The van der Waals surface area contributed by atoms with E-state index < -0.39 is 15.6 Å². The van der Waals surface area contributed by atoms with Crippen molar-refractivity contribution in [1.29, 1.82) is 0 Å². The minimum atomic E-state index is -3.58. The maximum absolute atomic E-state index is 12.6. The lowest BCUT2D eigenvalue weighted by atomic mass is 10.2. The zero-order chi connectivity index (χ0) is 16.8. The van der Waals surface area contributed by atoms with Gasteiger partial charge in [0.05, 0.1) is 16.2 Å². The Kier molecular flexibility index (Phi) is 3.82. The van der Waals surface area contributed by atoms with Crippen LogP contribution < -0.4 is 5.76 Å². The Bertz CT molecular complexity index is 1060. The predicted octanol–water partition coefficient (Wildman–Crippen LogP) is 3.07. The number of oxazole rings is 1. The third kappa shape index (κ3) is 2.92. The van der Waals surface area contributed by atoms with Crippen LogP contribution in [0.25, 0.3) is 11.1 Å². The molecule has 23 heavy (non-hydrogen) atoms. The molecule has 3 aromatic rings. The average molecular weight is 352 g/mol. The first-order chi connectivity index (χ1) is 10.8. The van der Waals surface area contributed by atoms with Gasteiger partial charge in [0.2, 0.25) is 0 Å². The molecule has 0 spiro atoms. The van der Waals surface area contributed by atoms with E-state index in [0.717, 1.165) is 0 Å². The van der Waals surface area contributed by atoms with Gasteiger partial charge >= 0.3 is 5.76 Å². The topological polar surface area (TPSA) is 69.3 Å². The van der Waals surface area contributed by atoms with Gasteiger partial charge in [-0.05, 0) is 36.2 Å². The quantitative estimate of drug-likeness (QED) is 0.727. The third-order valence-corrected chi connectivity index (χ3v) is 5.55. The van der Waals surface area contributed by atoms with Crippen LogP contribution in [0.1, 0.15) is 11.1 Å². The second-order valence-corrected chi connectivity index (χ2v) is 7.83. The molecule has 0 fully saturated rings. The summed E-state index contributed by atoms with van der Waals surface area (Å²) in [6.45, 7) is 1.75. The van der Waals surface area contributed by atoms with Gasteiger partial charge in [0.25, 0.3) is 0 Å². The van der Waals surface area contributed by atoms with E-state index in [1.807, 2.05) is 0 Å². The molecule has 0 aliphatic rings. The average Bonchev–Trinajstić information content (AvgIpc) is 2.74. The van der Waals surface area contributed by atoms with E-state index in [1.54, 1.807) is 44.3 Å². The van der Waals surface area contributed by atoms with Gasteiger partial charge in [-0.3, -0.25) is 4.57 Å². The molecule has 1 heterocycles. The highest BCUT2D eigenvalue weighted by molar-refractivity contribution is 7.90. The Morgan fingerprint density at radius 1 is 1.22 bits per heavy atom. The number of aryl methyl sites for hydroxylation is 2. The molecule has 120 valence electrons. The number of sulfone groups is 1. The molecule has 0 bridgehead atoms. The summed E-state index contributed by atoms with van der Waals surface area (Å²) in [5.74, 6) is -0.692. The van der Waals surface area contributed by atoms with Crippen LogP contribution in [0.4, 0.5) is 0 Å². The molecule has 3 rings (SSSR count). The molecule has 2 aromatic carbocycles. The Morgan fingerprint density at radius 3 is 2.65 bits per heavy atom. The third-order valence-electron chi connectivity index (χ3n) is 3.65. The summed E-state index contributed by atoms with van der Waals surface area (Å²) in [6.07, 6.45) is 0. The van der Waals surface area contributed by atoms with Gasteiger partial charge in [0.1, 0.15) is 0 Å². The van der Waals surface area contributed by atoms with Gasteiger partial charge < -0.3 is 4.42 Å². The number of fused-ring (bicyclic) bond motifs is 1. The Labute approximate surface area is 138 Å². The van der Waals surface area contributed by atoms with E-state index in [-0.39, 0.29) is 16.2 Å². The molecule has 0 saturated heterocycles. The van der Waals surface area contributed by atoms with Crippen molar-refractivity contribution in [2.75, 3.05) is 0 Å². The van der Waals surface area contributed by atoms with Gasteiger partial charge in [0, 0.05) is 18.1 Å². The lowest BCUT2D eigenvalue weighted by Gasteiger charge is -2.07. The van der Waals surface area contributed by atoms with Crippen LogP contribution in [0.15, 0.2) is 50.5 Å². The summed E-state index contributed by atoms with van der Waals surface area (Å²) in [7, 11) is -1.99. The summed E-state index contributed by atoms with van der Waals surface area (Å²) in [5, 5.41) is 0.485. The SMILES string of the molecule is Cc1cc(S(=O)(=O)Cc2cccc(Cl)c2)cc2oc(=O)n(C)c12. The summed E-state index contributed by atoms with van der Waals surface area (Å²) in [5.41, 5.74) is 2.13. The molecule has 7 heteroatoms. The van der Waals surface area contributed by atoms with Crippen LogP contribution in [-0.4, -0.2) is 13.0 Å². The highest BCUT2D eigenvalue weighted by atomic mass is 35.5. The Hall–Kier alpha value is -2.05. The molecule has 0 radical (unpaired) electrons. The number of rotatable bonds is 3. The zero-order valence-electron chi connectivity index (χ0n) is 12.5. The molecule has 0 aliphatic carbocycles. The summed E-state index contributed by atoms with van der Waals surface area (Å²) >= 11 is 5.90. The van der Waals surface area contributed by atoms with E-state index in [4.69, 9.17) is 16.0 Å². The maximum atomic E-state index is 12.6. The molecular formula is C16H14ClNO4S. The lowest BCUT2D eigenvalue weighted by molar-refractivity contribution is 0.527. The number of hydrogen-bond acceptors (Lipinski definition) is 4. The van der Waals surface area contributed by atoms with Crippen LogP contribution in [0.3, 0.4) is 0 Å². The molecule has 1 aromatic heterocycles. The fourth-order valence-corrected chi connectivity index (χ4v) is 4.23. The van der Waals surface area contributed by atoms with Gasteiger partial charge in [-0.15, -0.1) is 0 Å². The molecule has 0 atom stereocenters. The Balaban J connectivity index is 2.10. The zero-order valence-corrected chi connectivity index (χ0v) is 14.1. The highest BCUT2D eigenvalue weighted by Gasteiger charge is 2.19. The van der Waals surface area contributed by atoms with Crippen molar-refractivity contribution in [3.63, 3.8) is 0 Å². The second kappa shape index (κ2) is 5.54. The van der Waals surface area contributed by atoms with Crippen molar-refractivity contribution in [3.05, 3.63) is 63.1 Å². The number of halogens is 1. The standard InChI is InChI=1S/C16H14ClNO4S/c1-10-6-13(8-14-15(10)18(2)16(19)22-14)23(20,21)9-11-4-3-5-12(17)7-11/h3-8H,9H2,1-2H3. The minimum Gasteiger partial charge on any atom is -0.408 e. The van der Waals surface area contributed by atoms with E-state index in [2.05, 4.69) is 0 Å². The van der Waals surface area contributed by atoms with Crippen LogP contribution in [0.5, 0.6) is 0 Å². The van der Waals surface area contributed by atoms with E-state index in [9.17, 15) is 13.2 Å². The van der Waals surface area contributed by atoms with Crippen molar-refractivity contribution in [2.45, 2.75) is 17.6 Å². The van der Waals surface area contributed by atoms with Crippen LogP contribution >= 0.6 is 11.6 Å². The predicted molar refractivity (Wildman–Crippen MR) is 88.5 cm³/mol. The molecule has 0 aliphatic heterocycles. The fraction of sp³-hybridized carbons (Fsp3) is 0.188. The number of aromatic nitrogens is 1. The fourth-order valence-electron chi connectivity index (χ4n) is 2.59. The van der Waals surface area contributed by atoms with Gasteiger partial charge in [-0.1, -0.05) is 23.7 Å². The molecule has 0 N–H and O–H groups in total. The second-order valence-electron chi connectivity index (χ2n) is 5.40. The molecule has 0 saturated carbocycles. The van der Waals surface area contributed by atoms with Crippen molar-refractivity contribution < 1.29 is 12.8 Å². The molecular weight excluding hydrogens is 338 g/mol. The normalized spacial score (nSPS) is 12.0. The van der Waals surface area contributed by atoms with Gasteiger partial charge in [-0.2, -0.15) is 0 Å². The smallest absolute Gasteiger partial charge is 0.408 e. The van der Waals surface area contributed by atoms with Crippen LogP contribution in [0.2, 0.25) is 5.02 Å². The first kappa shape index (κ1) is 15.8. The van der Waals surface area contributed by atoms with Crippen LogP contribution in [-0.2, 0) is 22.6 Å². The van der Waals surface area contributed by atoms with Gasteiger partial charge in [0.15, 0.2) is 15.4 Å². The summed E-state index contributed by atoms with van der Waals surface area (Å²) < 4.78 is 31.7. The first-order valence-corrected chi connectivity index (χ1v) is 8.88. The highest BCUT2D eigenvalue weighted by Crippen LogP contribution is 2.25. The lowest BCUT2D eigenvalue weighted by Crippen LogP contribution is -2.09. The molecule has 0 unspecified atom stereocenters. The van der Waals surface area contributed by atoms with Crippen molar-refractivity contribution in [1.82, 2.24) is 4.57 Å². The molecule has 5 nitrogen and oxygen atoms in total. The largest absolute Gasteiger partial charge is 0.419 e. The molecule has 0 amide bonds. The van der Waals surface area contributed by atoms with E-state index in [1.165, 1.54) is 10.6 Å². The first-order valence-electron chi connectivity index (χ1n) is 6.85. The summed E-state index contributed by atoms with van der Waals surface area (Å²) in [6, 6.07) is 9.66. The van der Waals surface area contributed by atoms with E-state index >= 15 is 0 Å². The van der Waals surface area contributed by atoms with Crippen molar-refractivity contribution >= 4 is 32.5 Å². The van der Waals surface area contributed by atoms with Crippen LogP contribution in [0, 0.1) is 6.92 Å². The number of hydrogen-bond donors (Lipinski definition) is 0. The Morgan fingerprint density at radius 2 is 1.96 bits per heavy atom.